The minimum atomic E-state index is -0.0703. The third-order valence-electron chi connectivity index (χ3n) is 2.53. The second kappa shape index (κ2) is 5.87. The molecule has 1 aromatic carbocycles. The van der Waals surface area contributed by atoms with Gasteiger partial charge in [0, 0.05) is 22.5 Å². The van der Waals surface area contributed by atoms with Crippen LogP contribution >= 0.6 is 27.5 Å². The van der Waals surface area contributed by atoms with Gasteiger partial charge in [-0.1, -0.05) is 47.4 Å². The zero-order valence-corrected chi connectivity index (χ0v) is 12.7. The highest BCUT2D eigenvalue weighted by Gasteiger charge is 2.18. The fourth-order valence-electron chi connectivity index (χ4n) is 1.30. The summed E-state index contributed by atoms with van der Waals surface area (Å²) < 4.78 is 0. The molecule has 0 saturated heterocycles. The minimum absolute atomic E-state index is 0.0438. The second-order valence-corrected chi connectivity index (χ2v) is 5.94. The highest BCUT2D eigenvalue weighted by molar-refractivity contribution is 9.09. The molecule has 0 radical (unpaired) electrons. The van der Waals surface area contributed by atoms with Crippen molar-refractivity contribution in [3.05, 3.63) is 34.3 Å². The maximum atomic E-state index is 12.0. The maximum Gasteiger partial charge on any atom is 0.251 e. The van der Waals surface area contributed by atoms with Crippen LogP contribution in [0, 0.1) is 12.3 Å². The summed E-state index contributed by atoms with van der Waals surface area (Å²) in [6.07, 6.45) is 0. The predicted molar refractivity (Wildman–Crippen MR) is 76.1 cm³/mol. The Labute approximate surface area is 116 Å². The van der Waals surface area contributed by atoms with Gasteiger partial charge < -0.3 is 5.32 Å². The zero-order chi connectivity index (χ0) is 13.1. The normalized spacial score (nSPS) is 11.4. The SMILES string of the molecule is Cc1ccc(Cl)cc1C(=O)NCC(C)(C)CBr. The summed E-state index contributed by atoms with van der Waals surface area (Å²) in [5.41, 5.74) is 1.62. The molecule has 0 spiro atoms. The Morgan fingerprint density at radius 3 is 2.71 bits per heavy atom. The van der Waals surface area contributed by atoms with Crippen LogP contribution in [0.2, 0.25) is 5.02 Å². The van der Waals surface area contributed by atoms with E-state index >= 15 is 0 Å². The lowest BCUT2D eigenvalue weighted by molar-refractivity contribution is 0.0939. The molecule has 94 valence electrons. The molecule has 1 aromatic rings. The molecular weight excluding hydrogens is 302 g/mol. The summed E-state index contributed by atoms with van der Waals surface area (Å²) in [4.78, 5) is 12.0. The molecule has 0 aliphatic carbocycles. The fraction of sp³-hybridized carbons (Fsp3) is 0.462. The molecule has 1 rings (SSSR count). The van der Waals surface area contributed by atoms with E-state index < -0.39 is 0 Å². The van der Waals surface area contributed by atoms with Gasteiger partial charge in [0.05, 0.1) is 0 Å². The van der Waals surface area contributed by atoms with Gasteiger partial charge in [0.15, 0.2) is 0 Å². The van der Waals surface area contributed by atoms with Gasteiger partial charge in [-0.25, -0.2) is 0 Å². The van der Waals surface area contributed by atoms with E-state index in [1.54, 1.807) is 12.1 Å². The van der Waals surface area contributed by atoms with Crippen LogP contribution in [-0.2, 0) is 0 Å². The minimum Gasteiger partial charge on any atom is -0.351 e. The lowest BCUT2D eigenvalue weighted by Gasteiger charge is -2.22. The van der Waals surface area contributed by atoms with Crippen molar-refractivity contribution < 1.29 is 4.79 Å². The van der Waals surface area contributed by atoms with Crippen LogP contribution < -0.4 is 5.32 Å². The highest BCUT2D eigenvalue weighted by Crippen LogP contribution is 2.18. The number of hydrogen-bond donors (Lipinski definition) is 1. The van der Waals surface area contributed by atoms with Crippen LogP contribution in [0.15, 0.2) is 18.2 Å². The highest BCUT2D eigenvalue weighted by atomic mass is 79.9. The van der Waals surface area contributed by atoms with E-state index in [1.165, 1.54) is 0 Å². The lowest BCUT2D eigenvalue weighted by atomic mass is 9.96. The number of nitrogens with one attached hydrogen (secondary N) is 1. The molecule has 1 amide bonds. The topological polar surface area (TPSA) is 29.1 Å². The van der Waals surface area contributed by atoms with Gasteiger partial charge >= 0.3 is 0 Å². The molecule has 0 heterocycles. The van der Waals surface area contributed by atoms with Crippen molar-refractivity contribution in [1.82, 2.24) is 5.32 Å². The number of carbonyl (C=O) groups excluding carboxylic acids is 1. The fourth-order valence-corrected chi connectivity index (χ4v) is 1.67. The van der Waals surface area contributed by atoms with Crippen molar-refractivity contribution in [3.63, 3.8) is 0 Å². The van der Waals surface area contributed by atoms with Crippen LogP contribution in [0.4, 0.5) is 0 Å². The molecule has 1 N–H and O–H groups in total. The van der Waals surface area contributed by atoms with Gasteiger partial charge in [-0.05, 0) is 30.0 Å². The smallest absolute Gasteiger partial charge is 0.251 e. The van der Waals surface area contributed by atoms with Gasteiger partial charge in [-0.3, -0.25) is 4.79 Å². The summed E-state index contributed by atoms with van der Waals surface area (Å²) in [6, 6.07) is 5.34. The Balaban J connectivity index is 2.74. The molecule has 0 unspecified atom stereocenters. The van der Waals surface area contributed by atoms with Crippen molar-refractivity contribution >= 4 is 33.4 Å². The monoisotopic (exact) mass is 317 g/mol. The standard InChI is InChI=1S/C13H17BrClNO/c1-9-4-5-10(15)6-11(9)12(17)16-8-13(2,3)7-14/h4-6H,7-8H2,1-3H3,(H,16,17). The molecule has 0 fully saturated rings. The van der Waals surface area contributed by atoms with Crippen molar-refractivity contribution in [2.24, 2.45) is 5.41 Å². The number of alkyl halides is 1. The summed E-state index contributed by atoms with van der Waals surface area (Å²) in [7, 11) is 0. The molecule has 0 aliphatic heterocycles. The molecule has 2 nitrogen and oxygen atoms in total. The van der Waals surface area contributed by atoms with E-state index in [2.05, 4.69) is 35.1 Å². The summed E-state index contributed by atoms with van der Waals surface area (Å²) in [5.74, 6) is -0.0703. The number of hydrogen-bond acceptors (Lipinski definition) is 1. The lowest BCUT2D eigenvalue weighted by Crippen LogP contribution is -2.35. The molecular formula is C13H17BrClNO. The van der Waals surface area contributed by atoms with Gasteiger partial charge in [-0.15, -0.1) is 0 Å². The Morgan fingerprint density at radius 2 is 2.12 bits per heavy atom. The zero-order valence-electron chi connectivity index (χ0n) is 10.3. The van der Waals surface area contributed by atoms with Crippen molar-refractivity contribution in [2.45, 2.75) is 20.8 Å². The maximum absolute atomic E-state index is 12.0. The van der Waals surface area contributed by atoms with E-state index in [4.69, 9.17) is 11.6 Å². The molecule has 17 heavy (non-hydrogen) atoms. The first-order chi connectivity index (χ1) is 7.85. The van der Waals surface area contributed by atoms with Crippen LogP contribution in [0.25, 0.3) is 0 Å². The van der Waals surface area contributed by atoms with E-state index in [-0.39, 0.29) is 11.3 Å². The molecule has 4 heteroatoms. The van der Waals surface area contributed by atoms with E-state index in [9.17, 15) is 4.79 Å². The average molecular weight is 319 g/mol. The average Bonchev–Trinajstić information content (AvgIpc) is 2.29. The van der Waals surface area contributed by atoms with Crippen LogP contribution in [-0.4, -0.2) is 17.8 Å². The summed E-state index contributed by atoms with van der Waals surface area (Å²) in [6.45, 7) is 6.71. The molecule has 0 atom stereocenters. The Kier molecular flexibility index (Phi) is 5.02. The van der Waals surface area contributed by atoms with Gasteiger partial charge in [0.1, 0.15) is 0 Å². The van der Waals surface area contributed by atoms with Crippen LogP contribution in [0.5, 0.6) is 0 Å². The number of aryl methyl sites for hydroxylation is 1. The second-order valence-electron chi connectivity index (χ2n) is 4.94. The number of carbonyl (C=O) groups is 1. The number of halogens is 2. The Hall–Kier alpha value is -0.540. The molecule has 0 aliphatic rings. The molecule has 0 bridgehead atoms. The van der Waals surface area contributed by atoms with Gasteiger partial charge in [0.25, 0.3) is 5.91 Å². The van der Waals surface area contributed by atoms with Crippen molar-refractivity contribution in [1.29, 1.82) is 0 Å². The van der Waals surface area contributed by atoms with E-state index in [1.807, 2.05) is 13.0 Å². The summed E-state index contributed by atoms with van der Waals surface area (Å²) in [5, 5.41) is 4.36. The number of benzene rings is 1. The number of amides is 1. The van der Waals surface area contributed by atoms with Crippen molar-refractivity contribution in [2.75, 3.05) is 11.9 Å². The predicted octanol–water partition coefficient (Wildman–Crippen LogP) is 3.80. The number of rotatable bonds is 4. The van der Waals surface area contributed by atoms with Crippen molar-refractivity contribution in [3.8, 4) is 0 Å². The van der Waals surface area contributed by atoms with Crippen LogP contribution in [0.3, 0.4) is 0 Å². The van der Waals surface area contributed by atoms with Gasteiger partial charge in [-0.2, -0.15) is 0 Å². The quantitative estimate of drug-likeness (QED) is 0.841. The van der Waals surface area contributed by atoms with E-state index in [0.717, 1.165) is 10.9 Å². The van der Waals surface area contributed by atoms with Crippen LogP contribution in [0.1, 0.15) is 29.8 Å². The van der Waals surface area contributed by atoms with Gasteiger partial charge in [0.2, 0.25) is 0 Å². The first-order valence-corrected chi connectivity index (χ1v) is 6.96. The molecule has 0 saturated carbocycles. The van der Waals surface area contributed by atoms with E-state index in [0.29, 0.717) is 17.1 Å². The largest absolute Gasteiger partial charge is 0.351 e. The third-order valence-corrected chi connectivity index (χ3v) is 4.29. The summed E-state index contributed by atoms with van der Waals surface area (Å²) >= 11 is 9.32. The first kappa shape index (κ1) is 14.5. The Bertz CT molecular complexity index is 418. The Morgan fingerprint density at radius 1 is 1.47 bits per heavy atom. The first-order valence-electron chi connectivity index (χ1n) is 5.46. The molecule has 0 aromatic heterocycles. The third kappa shape index (κ3) is 4.32.